The molecule has 3 heteroatoms. The summed E-state index contributed by atoms with van der Waals surface area (Å²) in [7, 11) is 0. The van der Waals surface area contributed by atoms with Crippen molar-refractivity contribution in [2.24, 2.45) is 0 Å². The van der Waals surface area contributed by atoms with E-state index in [0.29, 0.717) is 17.5 Å². The Labute approximate surface area is 526 Å². The molecular weight excluding hydrogens is 1090 g/mol. The van der Waals surface area contributed by atoms with Crippen LogP contribution in [-0.2, 0) is 0 Å². The average Bonchev–Trinajstić information content (AvgIpc) is 1.15. The number of nitrogens with zero attached hydrogens (tertiary/aromatic N) is 3. The van der Waals surface area contributed by atoms with E-state index in [4.69, 9.17) is 15.0 Å². The Kier molecular flexibility index (Phi) is 15.1. The lowest BCUT2D eigenvalue weighted by molar-refractivity contribution is 1.07. The van der Waals surface area contributed by atoms with Crippen LogP contribution in [0.15, 0.2) is 358 Å². The fourth-order valence-electron chi connectivity index (χ4n) is 12.3. The smallest absolute Gasteiger partial charge is 0.164 e. The van der Waals surface area contributed by atoms with Gasteiger partial charge >= 0.3 is 0 Å². The van der Waals surface area contributed by atoms with Gasteiger partial charge in [-0.25, -0.2) is 15.0 Å². The number of hydrogen-bond acceptors (Lipinski definition) is 3. The molecule has 0 spiro atoms. The Balaban J connectivity index is 0.995. The molecule has 0 saturated carbocycles. The summed E-state index contributed by atoms with van der Waals surface area (Å²) >= 11 is 0. The maximum atomic E-state index is 5.62. The van der Waals surface area contributed by atoms with E-state index in [9.17, 15) is 0 Å². The van der Waals surface area contributed by atoms with E-state index in [2.05, 4.69) is 358 Å². The third-order valence-corrected chi connectivity index (χ3v) is 16.9. The van der Waals surface area contributed by atoms with Crippen molar-refractivity contribution >= 4 is 0 Å². The minimum Gasteiger partial charge on any atom is -0.208 e. The monoisotopic (exact) mass is 1150 g/mol. The van der Waals surface area contributed by atoms with E-state index >= 15 is 0 Å². The van der Waals surface area contributed by atoms with Crippen LogP contribution in [0.25, 0.3) is 157 Å². The zero-order valence-electron chi connectivity index (χ0n) is 49.4. The molecule has 15 rings (SSSR count). The minimum absolute atomic E-state index is 0.555. The van der Waals surface area contributed by atoms with Crippen LogP contribution in [0.4, 0.5) is 0 Å². The SMILES string of the molecule is c1ccc(-c2cc(-c3ccccc3)cc(-c3nc(-c4cc(-c5ccccc5)cc(-c5ccccc5)c4)nc(-c4ccc(-c5ccccc5-c5cc(-c6ccccc6)cc(-c6ccccc6)c5)c(-c5cc(-c6ccccc6)cc(-c6ccccc6)c5)c4)n3)c2)cc1. The molecule has 0 radical (unpaired) electrons. The van der Waals surface area contributed by atoms with E-state index in [-0.39, 0.29) is 0 Å². The highest BCUT2D eigenvalue weighted by Crippen LogP contribution is 2.45. The second-order valence-electron chi connectivity index (χ2n) is 22.7. The molecule has 1 heterocycles. The fourth-order valence-corrected chi connectivity index (χ4v) is 12.3. The van der Waals surface area contributed by atoms with Crippen molar-refractivity contribution in [1.82, 2.24) is 15.0 Å². The molecular formula is C87H59N3. The zero-order chi connectivity index (χ0) is 60.0. The van der Waals surface area contributed by atoms with Crippen LogP contribution >= 0.6 is 0 Å². The summed E-state index contributed by atoms with van der Waals surface area (Å²) in [6.07, 6.45) is 0. The fraction of sp³-hybridized carbons (Fsp3) is 0. The van der Waals surface area contributed by atoms with Crippen LogP contribution in [0.2, 0.25) is 0 Å². The van der Waals surface area contributed by atoms with Gasteiger partial charge < -0.3 is 0 Å². The van der Waals surface area contributed by atoms with Crippen molar-refractivity contribution < 1.29 is 0 Å². The van der Waals surface area contributed by atoms with Gasteiger partial charge in [0.2, 0.25) is 0 Å². The Morgan fingerprint density at radius 3 is 0.589 bits per heavy atom. The van der Waals surface area contributed by atoms with Gasteiger partial charge in [0, 0.05) is 16.7 Å². The molecule has 0 unspecified atom stereocenters. The first-order valence-corrected chi connectivity index (χ1v) is 30.6. The first-order chi connectivity index (χ1) is 44.6. The molecule has 422 valence electrons. The molecule has 90 heavy (non-hydrogen) atoms. The summed E-state index contributed by atoms with van der Waals surface area (Å²) in [6.45, 7) is 0. The van der Waals surface area contributed by atoms with Crippen molar-refractivity contribution in [3.8, 4) is 157 Å². The maximum absolute atomic E-state index is 5.62. The average molecular weight is 1150 g/mol. The van der Waals surface area contributed by atoms with E-state index < -0.39 is 0 Å². The molecule has 0 aliphatic rings. The summed E-state index contributed by atoms with van der Waals surface area (Å²) in [6, 6.07) is 128. The Bertz CT molecular complexity index is 4620. The highest BCUT2D eigenvalue weighted by atomic mass is 15.0. The summed E-state index contributed by atoms with van der Waals surface area (Å²) in [5, 5.41) is 0. The zero-order valence-corrected chi connectivity index (χ0v) is 49.4. The molecule has 3 nitrogen and oxygen atoms in total. The summed E-state index contributed by atoms with van der Waals surface area (Å²) in [5.74, 6) is 1.69. The molecule has 0 saturated heterocycles. The van der Waals surface area contributed by atoms with Gasteiger partial charge in [-0.15, -0.1) is 0 Å². The molecule has 0 fully saturated rings. The largest absolute Gasteiger partial charge is 0.208 e. The van der Waals surface area contributed by atoms with E-state index in [1.54, 1.807) is 0 Å². The predicted molar refractivity (Wildman–Crippen MR) is 376 cm³/mol. The van der Waals surface area contributed by atoms with Gasteiger partial charge in [-0.2, -0.15) is 0 Å². The number of rotatable bonds is 14. The molecule has 0 atom stereocenters. The van der Waals surface area contributed by atoms with Crippen molar-refractivity contribution in [3.05, 3.63) is 358 Å². The maximum Gasteiger partial charge on any atom is 0.164 e. The molecule has 0 aliphatic heterocycles. The molecule has 0 bridgehead atoms. The third-order valence-electron chi connectivity index (χ3n) is 16.9. The van der Waals surface area contributed by atoms with E-state index in [1.807, 2.05) is 0 Å². The van der Waals surface area contributed by atoms with Gasteiger partial charge in [0.1, 0.15) is 0 Å². The highest BCUT2D eigenvalue weighted by Gasteiger charge is 2.22. The van der Waals surface area contributed by atoms with E-state index in [1.165, 1.54) is 0 Å². The van der Waals surface area contributed by atoms with Gasteiger partial charge in [0.05, 0.1) is 0 Å². The first-order valence-electron chi connectivity index (χ1n) is 30.6. The van der Waals surface area contributed by atoms with Crippen molar-refractivity contribution in [2.45, 2.75) is 0 Å². The normalized spacial score (nSPS) is 11.1. The summed E-state index contributed by atoms with van der Waals surface area (Å²) < 4.78 is 0. The summed E-state index contributed by atoms with van der Waals surface area (Å²) in [5.41, 5.74) is 26.9. The standard InChI is InChI=1S/C87H59N3/c1-9-27-60(28-10-1)69-47-70(61-29-11-2-12-30-61)52-77(51-69)81-43-25-26-44-82(81)83-46-45-68(59-84(83)78-53-71(62-31-13-3-14-32-62)48-72(54-78)63-33-15-4-16-34-63)85-88-86(79-55-73(64-35-17-5-18-36-64)49-74(56-79)65-37-19-6-20-38-65)90-87(89-85)80-57-75(66-39-21-7-22-40-66)50-76(58-80)67-41-23-8-24-42-67/h1-59H. The number of hydrogen-bond donors (Lipinski definition) is 0. The van der Waals surface area contributed by atoms with Gasteiger partial charge in [0.25, 0.3) is 0 Å². The van der Waals surface area contributed by atoms with Crippen LogP contribution in [0.1, 0.15) is 0 Å². The molecule has 14 aromatic carbocycles. The van der Waals surface area contributed by atoms with Crippen molar-refractivity contribution in [3.63, 3.8) is 0 Å². The lowest BCUT2D eigenvalue weighted by atomic mass is 9.85. The molecule has 0 N–H and O–H groups in total. The second-order valence-corrected chi connectivity index (χ2v) is 22.7. The number of aromatic nitrogens is 3. The molecule has 0 aliphatic carbocycles. The molecule has 1 aromatic heterocycles. The summed E-state index contributed by atoms with van der Waals surface area (Å²) in [4.78, 5) is 16.8. The first kappa shape index (κ1) is 54.7. The van der Waals surface area contributed by atoms with Crippen LogP contribution in [0, 0.1) is 0 Å². The van der Waals surface area contributed by atoms with Crippen LogP contribution in [0.3, 0.4) is 0 Å². The van der Waals surface area contributed by atoms with Crippen LogP contribution in [-0.4, -0.2) is 15.0 Å². The molecule has 15 aromatic rings. The van der Waals surface area contributed by atoms with Gasteiger partial charge in [-0.1, -0.05) is 279 Å². The minimum atomic E-state index is 0.555. The van der Waals surface area contributed by atoms with Gasteiger partial charge in [0.15, 0.2) is 17.5 Å². The Hall–Kier alpha value is -11.9. The predicted octanol–water partition coefficient (Wildman–Crippen LogP) is 23.2. The van der Waals surface area contributed by atoms with Crippen LogP contribution in [0.5, 0.6) is 0 Å². The van der Waals surface area contributed by atoms with Crippen molar-refractivity contribution in [2.75, 3.05) is 0 Å². The lowest BCUT2D eigenvalue weighted by Gasteiger charge is -2.19. The second kappa shape index (κ2) is 24.8. The third kappa shape index (κ3) is 11.6. The van der Waals surface area contributed by atoms with E-state index in [0.717, 1.165) is 139 Å². The number of benzene rings is 14. The van der Waals surface area contributed by atoms with Gasteiger partial charge in [-0.3, -0.25) is 0 Å². The molecule has 0 amide bonds. The van der Waals surface area contributed by atoms with Crippen LogP contribution < -0.4 is 0 Å². The Morgan fingerprint density at radius 1 is 0.111 bits per heavy atom. The van der Waals surface area contributed by atoms with Gasteiger partial charge in [-0.05, 0) is 201 Å². The highest BCUT2D eigenvalue weighted by molar-refractivity contribution is 5.97. The lowest BCUT2D eigenvalue weighted by Crippen LogP contribution is -2.02. The van der Waals surface area contributed by atoms with Crippen molar-refractivity contribution in [1.29, 1.82) is 0 Å². The quantitative estimate of drug-likeness (QED) is 0.109. The topological polar surface area (TPSA) is 38.7 Å². The Morgan fingerprint density at radius 2 is 0.311 bits per heavy atom.